The minimum atomic E-state index is 0.140. The van der Waals surface area contributed by atoms with E-state index >= 15 is 0 Å². The second-order valence-electron chi connectivity index (χ2n) is 5.72. The summed E-state index contributed by atoms with van der Waals surface area (Å²) in [6.45, 7) is 2.03. The predicted octanol–water partition coefficient (Wildman–Crippen LogP) is 1.53. The first kappa shape index (κ1) is 10.6. The monoisotopic (exact) mass is 222 g/mol. The lowest BCUT2D eigenvalue weighted by Crippen LogP contribution is -2.52. The number of hydrogen-bond donors (Lipinski definition) is 1. The molecule has 1 aliphatic heterocycles. The predicted molar refractivity (Wildman–Crippen MR) is 63.1 cm³/mol. The van der Waals surface area contributed by atoms with Gasteiger partial charge in [-0.25, -0.2) is 0 Å². The molecule has 1 heterocycles. The molecule has 3 heteroatoms. The Morgan fingerprint density at radius 3 is 2.56 bits per heavy atom. The second-order valence-corrected chi connectivity index (χ2v) is 5.72. The molecule has 1 atom stereocenters. The maximum Gasteiger partial charge on any atom is 0.239 e. The molecule has 3 rings (SSSR count). The number of amides is 1. The van der Waals surface area contributed by atoms with E-state index in [0.717, 1.165) is 25.4 Å². The SMILES string of the molecule is O=C1C(NC2CC2)CCCN1CC1CCC1. The van der Waals surface area contributed by atoms with Crippen LogP contribution in [0.2, 0.25) is 0 Å². The number of piperidine rings is 1. The van der Waals surface area contributed by atoms with Crippen molar-refractivity contribution in [2.24, 2.45) is 5.92 Å². The van der Waals surface area contributed by atoms with Gasteiger partial charge in [-0.15, -0.1) is 0 Å². The van der Waals surface area contributed by atoms with Crippen molar-refractivity contribution in [3.8, 4) is 0 Å². The summed E-state index contributed by atoms with van der Waals surface area (Å²) in [6.07, 6.45) is 8.82. The fourth-order valence-corrected chi connectivity index (χ4v) is 2.80. The maximum absolute atomic E-state index is 12.2. The van der Waals surface area contributed by atoms with Gasteiger partial charge >= 0.3 is 0 Å². The molecule has 3 aliphatic rings. The van der Waals surface area contributed by atoms with Crippen LogP contribution in [0.3, 0.4) is 0 Å². The Kier molecular flexibility index (Phi) is 2.88. The minimum absolute atomic E-state index is 0.140. The number of carbonyl (C=O) groups is 1. The molecule has 1 saturated heterocycles. The standard InChI is InChI=1S/C13H22N2O/c16-13-12(14-11-6-7-11)5-2-8-15(13)9-10-3-1-4-10/h10-12,14H,1-9H2. The highest BCUT2D eigenvalue weighted by molar-refractivity contribution is 5.82. The number of nitrogens with one attached hydrogen (secondary N) is 1. The van der Waals surface area contributed by atoms with Gasteiger partial charge in [-0.3, -0.25) is 4.79 Å². The average Bonchev–Trinajstić information content (AvgIpc) is 3.00. The molecule has 1 unspecified atom stereocenters. The lowest BCUT2D eigenvalue weighted by molar-refractivity contribution is -0.137. The first-order valence-electron chi connectivity index (χ1n) is 6.88. The molecule has 0 bridgehead atoms. The van der Waals surface area contributed by atoms with Gasteiger partial charge in [0.1, 0.15) is 0 Å². The molecule has 0 aromatic heterocycles. The Labute approximate surface area is 97.6 Å². The largest absolute Gasteiger partial charge is 0.341 e. The van der Waals surface area contributed by atoms with Gasteiger partial charge < -0.3 is 10.2 Å². The topological polar surface area (TPSA) is 32.3 Å². The van der Waals surface area contributed by atoms with E-state index in [4.69, 9.17) is 0 Å². The molecule has 90 valence electrons. The number of hydrogen-bond acceptors (Lipinski definition) is 2. The van der Waals surface area contributed by atoms with Crippen molar-refractivity contribution in [2.75, 3.05) is 13.1 Å². The Morgan fingerprint density at radius 1 is 1.12 bits per heavy atom. The molecule has 1 amide bonds. The Balaban J connectivity index is 1.53. The van der Waals surface area contributed by atoms with Crippen LogP contribution in [0, 0.1) is 5.92 Å². The number of nitrogens with zero attached hydrogens (tertiary/aromatic N) is 1. The first-order valence-corrected chi connectivity index (χ1v) is 6.88. The van der Waals surface area contributed by atoms with Crippen molar-refractivity contribution in [3.05, 3.63) is 0 Å². The number of rotatable bonds is 4. The van der Waals surface area contributed by atoms with Crippen LogP contribution in [-0.2, 0) is 4.79 Å². The van der Waals surface area contributed by atoms with E-state index in [0.29, 0.717) is 11.9 Å². The minimum Gasteiger partial charge on any atom is -0.341 e. The van der Waals surface area contributed by atoms with Crippen molar-refractivity contribution in [1.29, 1.82) is 0 Å². The van der Waals surface area contributed by atoms with Crippen molar-refractivity contribution in [2.45, 2.75) is 57.0 Å². The van der Waals surface area contributed by atoms with Crippen molar-refractivity contribution in [3.63, 3.8) is 0 Å². The fraction of sp³-hybridized carbons (Fsp3) is 0.923. The lowest BCUT2D eigenvalue weighted by Gasteiger charge is -2.37. The lowest BCUT2D eigenvalue weighted by atomic mass is 9.84. The van der Waals surface area contributed by atoms with Crippen LogP contribution < -0.4 is 5.32 Å². The highest BCUT2D eigenvalue weighted by atomic mass is 16.2. The average molecular weight is 222 g/mol. The van der Waals surface area contributed by atoms with Crippen LogP contribution in [0.25, 0.3) is 0 Å². The quantitative estimate of drug-likeness (QED) is 0.782. The van der Waals surface area contributed by atoms with Crippen LogP contribution >= 0.6 is 0 Å². The maximum atomic E-state index is 12.2. The third-order valence-corrected chi connectivity index (χ3v) is 4.25. The van der Waals surface area contributed by atoms with Crippen LogP contribution in [0.1, 0.15) is 44.9 Å². The van der Waals surface area contributed by atoms with Gasteiger partial charge in [0.2, 0.25) is 5.91 Å². The molecule has 3 nitrogen and oxygen atoms in total. The molecular weight excluding hydrogens is 200 g/mol. The van der Waals surface area contributed by atoms with Crippen molar-refractivity contribution in [1.82, 2.24) is 10.2 Å². The molecule has 16 heavy (non-hydrogen) atoms. The Bertz CT molecular complexity index is 271. The Hall–Kier alpha value is -0.570. The van der Waals surface area contributed by atoms with Gasteiger partial charge in [-0.1, -0.05) is 6.42 Å². The summed E-state index contributed by atoms with van der Waals surface area (Å²) in [5, 5.41) is 3.49. The summed E-state index contributed by atoms with van der Waals surface area (Å²) in [7, 11) is 0. The molecule has 3 fully saturated rings. The molecular formula is C13H22N2O. The van der Waals surface area contributed by atoms with Crippen molar-refractivity contribution >= 4 is 5.91 Å². The van der Waals surface area contributed by atoms with E-state index in [-0.39, 0.29) is 6.04 Å². The van der Waals surface area contributed by atoms with Gasteiger partial charge in [-0.05, 0) is 44.4 Å². The molecule has 2 saturated carbocycles. The second kappa shape index (κ2) is 4.36. The summed E-state index contributed by atoms with van der Waals surface area (Å²) in [6, 6.07) is 0.791. The fourth-order valence-electron chi connectivity index (χ4n) is 2.80. The Morgan fingerprint density at radius 2 is 1.94 bits per heavy atom. The zero-order valence-electron chi connectivity index (χ0n) is 9.95. The summed E-state index contributed by atoms with van der Waals surface area (Å²) in [4.78, 5) is 14.3. The normalized spacial score (nSPS) is 31.6. The van der Waals surface area contributed by atoms with E-state index in [1.807, 2.05) is 0 Å². The van der Waals surface area contributed by atoms with Crippen LogP contribution in [0.15, 0.2) is 0 Å². The molecule has 1 N–H and O–H groups in total. The molecule has 0 spiro atoms. The van der Waals surface area contributed by atoms with Gasteiger partial charge in [-0.2, -0.15) is 0 Å². The van der Waals surface area contributed by atoms with E-state index in [9.17, 15) is 4.79 Å². The number of carbonyl (C=O) groups excluding carboxylic acids is 1. The number of likely N-dealkylation sites (tertiary alicyclic amines) is 1. The summed E-state index contributed by atoms with van der Waals surface area (Å²) >= 11 is 0. The highest BCUT2D eigenvalue weighted by Gasteiger charge is 2.34. The van der Waals surface area contributed by atoms with Crippen LogP contribution in [0.5, 0.6) is 0 Å². The van der Waals surface area contributed by atoms with Crippen LogP contribution in [0.4, 0.5) is 0 Å². The molecule has 0 radical (unpaired) electrons. The van der Waals surface area contributed by atoms with Gasteiger partial charge in [0, 0.05) is 19.1 Å². The molecule has 2 aliphatic carbocycles. The van der Waals surface area contributed by atoms with Gasteiger partial charge in [0.05, 0.1) is 6.04 Å². The van der Waals surface area contributed by atoms with E-state index in [1.165, 1.54) is 38.5 Å². The van der Waals surface area contributed by atoms with Crippen molar-refractivity contribution < 1.29 is 4.79 Å². The zero-order valence-corrected chi connectivity index (χ0v) is 9.95. The van der Waals surface area contributed by atoms with Gasteiger partial charge in [0.15, 0.2) is 0 Å². The van der Waals surface area contributed by atoms with E-state index < -0.39 is 0 Å². The van der Waals surface area contributed by atoms with Gasteiger partial charge in [0.25, 0.3) is 0 Å². The first-order chi connectivity index (χ1) is 7.83. The molecule has 0 aromatic carbocycles. The third kappa shape index (κ3) is 2.24. The zero-order chi connectivity index (χ0) is 11.0. The summed E-state index contributed by atoms with van der Waals surface area (Å²) in [5.41, 5.74) is 0. The van der Waals surface area contributed by atoms with E-state index in [1.54, 1.807) is 0 Å². The summed E-state index contributed by atoms with van der Waals surface area (Å²) in [5.74, 6) is 1.19. The van der Waals surface area contributed by atoms with Crippen LogP contribution in [-0.4, -0.2) is 36.0 Å². The molecule has 0 aromatic rings. The van der Waals surface area contributed by atoms with E-state index in [2.05, 4.69) is 10.2 Å². The third-order valence-electron chi connectivity index (χ3n) is 4.25. The smallest absolute Gasteiger partial charge is 0.239 e. The highest BCUT2D eigenvalue weighted by Crippen LogP contribution is 2.29. The summed E-state index contributed by atoms with van der Waals surface area (Å²) < 4.78 is 0.